The number of hydrogen-bond acceptors (Lipinski definition) is 3. The molecule has 1 aromatic heterocycles. The van der Waals surface area contributed by atoms with Crippen molar-refractivity contribution >= 4 is 16.8 Å². The maximum atomic E-state index is 13.3. The number of aromatic amines is 1. The van der Waals surface area contributed by atoms with Crippen LogP contribution in [0.2, 0.25) is 0 Å². The highest BCUT2D eigenvalue weighted by Gasteiger charge is 2.22. The van der Waals surface area contributed by atoms with Gasteiger partial charge in [-0.2, -0.15) is 0 Å². The Balaban J connectivity index is 1.55. The van der Waals surface area contributed by atoms with Crippen molar-refractivity contribution in [3.63, 3.8) is 0 Å². The Morgan fingerprint density at radius 2 is 1.93 bits per heavy atom. The molecule has 6 heteroatoms. The molecule has 0 spiro atoms. The predicted molar refractivity (Wildman–Crippen MR) is 104 cm³/mol. The molecule has 5 nitrogen and oxygen atoms in total. The van der Waals surface area contributed by atoms with Crippen LogP contribution < -0.4 is 16.2 Å². The molecule has 4 N–H and O–H groups in total. The van der Waals surface area contributed by atoms with Gasteiger partial charge in [-0.1, -0.05) is 18.2 Å². The number of amides is 1. The molecular weight excluding hydrogens is 343 g/mol. The molecule has 2 atom stereocenters. The number of carbonyl (C=O) groups excluding carboxylic acids is 1. The average molecular weight is 366 g/mol. The summed E-state index contributed by atoms with van der Waals surface area (Å²) in [5.41, 5.74) is 10.1. The van der Waals surface area contributed by atoms with Gasteiger partial charge in [0.2, 0.25) is 5.91 Å². The molecule has 2 unspecified atom stereocenters. The van der Waals surface area contributed by atoms with Crippen LogP contribution in [0.25, 0.3) is 22.2 Å². The lowest BCUT2D eigenvalue weighted by molar-refractivity contribution is -0.121. The number of para-hydroxylation sites is 1. The number of rotatable bonds is 5. The summed E-state index contributed by atoms with van der Waals surface area (Å²) in [6.07, 6.45) is 1.83. The molecule has 140 valence electrons. The topological polar surface area (TPSA) is 69.0 Å². The Bertz CT molecular complexity index is 950. The number of H-pyrrole nitrogens is 1. The fourth-order valence-electron chi connectivity index (χ4n) is 3.64. The Morgan fingerprint density at radius 1 is 1.15 bits per heavy atom. The van der Waals surface area contributed by atoms with E-state index in [4.69, 9.17) is 0 Å². The molecule has 4 rings (SSSR count). The van der Waals surface area contributed by atoms with E-state index in [0.29, 0.717) is 18.9 Å². The Kier molecular flexibility index (Phi) is 4.92. The van der Waals surface area contributed by atoms with Crippen LogP contribution in [0, 0.1) is 5.82 Å². The molecule has 3 aromatic rings. The summed E-state index contributed by atoms with van der Waals surface area (Å²) < 4.78 is 13.3. The lowest BCUT2D eigenvalue weighted by Gasteiger charge is -2.12. The first-order valence-electron chi connectivity index (χ1n) is 9.26. The fraction of sp³-hybridized carbons (Fsp3) is 0.286. The minimum Gasteiger partial charge on any atom is -0.354 e. The SMILES string of the molecule is CC1CC(NC(=O)CCc2c(-c3ccc(F)cc3)[nH]c3ccccc23)NN1. The third-order valence-electron chi connectivity index (χ3n) is 4.98. The Labute approximate surface area is 157 Å². The van der Waals surface area contributed by atoms with Crippen molar-refractivity contribution in [3.8, 4) is 11.3 Å². The Hall–Kier alpha value is -2.70. The zero-order chi connectivity index (χ0) is 18.8. The summed E-state index contributed by atoms with van der Waals surface area (Å²) in [5, 5.41) is 4.11. The first kappa shape index (κ1) is 17.7. The first-order chi connectivity index (χ1) is 13.1. The summed E-state index contributed by atoms with van der Waals surface area (Å²) in [5.74, 6) is -0.249. The summed E-state index contributed by atoms with van der Waals surface area (Å²) in [6, 6.07) is 14.8. The number of hydrazine groups is 1. The second-order valence-corrected chi connectivity index (χ2v) is 7.08. The second-order valence-electron chi connectivity index (χ2n) is 7.08. The average Bonchev–Trinajstić information content (AvgIpc) is 3.24. The van der Waals surface area contributed by atoms with Crippen LogP contribution in [0.15, 0.2) is 48.5 Å². The Morgan fingerprint density at radius 3 is 2.67 bits per heavy atom. The number of aromatic nitrogens is 1. The van der Waals surface area contributed by atoms with Crippen molar-refractivity contribution in [1.29, 1.82) is 0 Å². The van der Waals surface area contributed by atoms with Crippen LogP contribution in [-0.2, 0) is 11.2 Å². The molecule has 0 bridgehead atoms. The van der Waals surface area contributed by atoms with Gasteiger partial charge in [0, 0.05) is 29.1 Å². The van der Waals surface area contributed by atoms with Gasteiger partial charge in [-0.3, -0.25) is 10.2 Å². The molecule has 1 aliphatic heterocycles. The van der Waals surface area contributed by atoms with Crippen LogP contribution in [0.4, 0.5) is 4.39 Å². The summed E-state index contributed by atoms with van der Waals surface area (Å²) in [7, 11) is 0. The largest absolute Gasteiger partial charge is 0.354 e. The van der Waals surface area contributed by atoms with Crippen LogP contribution in [-0.4, -0.2) is 23.1 Å². The van der Waals surface area contributed by atoms with Crippen LogP contribution in [0.3, 0.4) is 0 Å². The number of fused-ring (bicyclic) bond motifs is 1. The molecule has 1 fully saturated rings. The number of halogens is 1. The molecule has 27 heavy (non-hydrogen) atoms. The van der Waals surface area contributed by atoms with Gasteiger partial charge >= 0.3 is 0 Å². The number of aryl methyl sites for hydroxylation is 1. The zero-order valence-corrected chi connectivity index (χ0v) is 15.2. The van der Waals surface area contributed by atoms with Gasteiger partial charge in [-0.05, 0) is 61.2 Å². The summed E-state index contributed by atoms with van der Waals surface area (Å²) >= 11 is 0. The lowest BCUT2D eigenvalue weighted by atomic mass is 10.0. The van der Waals surface area contributed by atoms with Crippen molar-refractivity contribution in [3.05, 3.63) is 59.9 Å². The summed E-state index contributed by atoms with van der Waals surface area (Å²) in [6.45, 7) is 2.07. The first-order valence-corrected chi connectivity index (χ1v) is 9.26. The van der Waals surface area contributed by atoms with E-state index in [-0.39, 0.29) is 17.9 Å². The standard InChI is InChI=1S/C21H23FN4O/c1-13-12-19(26-25-13)24-20(27)11-10-17-16-4-2-3-5-18(16)23-21(17)14-6-8-15(22)9-7-14/h2-9,13,19,23,25-26H,10-12H2,1H3,(H,24,27). The van der Waals surface area contributed by atoms with E-state index >= 15 is 0 Å². The van der Waals surface area contributed by atoms with E-state index in [1.807, 2.05) is 18.2 Å². The minimum absolute atomic E-state index is 0.0127. The molecule has 0 radical (unpaired) electrons. The van der Waals surface area contributed by atoms with Crippen molar-refractivity contribution in [2.45, 2.75) is 38.4 Å². The number of benzene rings is 2. The van der Waals surface area contributed by atoms with Gasteiger partial charge in [0.25, 0.3) is 0 Å². The van der Waals surface area contributed by atoms with Crippen LogP contribution in [0.1, 0.15) is 25.3 Å². The van der Waals surface area contributed by atoms with Gasteiger partial charge in [0.1, 0.15) is 5.82 Å². The highest BCUT2D eigenvalue weighted by Crippen LogP contribution is 2.31. The van der Waals surface area contributed by atoms with Crippen LogP contribution in [0.5, 0.6) is 0 Å². The second kappa shape index (κ2) is 7.50. The fourth-order valence-corrected chi connectivity index (χ4v) is 3.64. The normalized spacial score (nSPS) is 19.5. The quantitative estimate of drug-likeness (QED) is 0.560. The molecule has 2 aromatic carbocycles. The third-order valence-corrected chi connectivity index (χ3v) is 4.98. The van der Waals surface area contributed by atoms with Gasteiger partial charge in [-0.15, -0.1) is 0 Å². The maximum Gasteiger partial charge on any atom is 0.221 e. The smallest absolute Gasteiger partial charge is 0.221 e. The van der Waals surface area contributed by atoms with E-state index in [2.05, 4.69) is 34.1 Å². The van der Waals surface area contributed by atoms with E-state index < -0.39 is 0 Å². The monoisotopic (exact) mass is 366 g/mol. The highest BCUT2D eigenvalue weighted by atomic mass is 19.1. The molecule has 0 aliphatic carbocycles. The van der Waals surface area contributed by atoms with Crippen molar-refractivity contribution in [1.82, 2.24) is 21.2 Å². The molecule has 1 saturated heterocycles. The van der Waals surface area contributed by atoms with E-state index in [9.17, 15) is 9.18 Å². The molecule has 1 aliphatic rings. The molecular formula is C21H23FN4O. The lowest BCUT2D eigenvalue weighted by Crippen LogP contribution is -2.44. The van der Waals surface area contributed by atoms with Crippen LogP contribution >= 0.6 is 0 Å². The zero-order valence-electron chi connectivity index (χ0n) is 15.2. The van der Waals surface area contributed by atoms with Gasteiger partial charge in [0.15, 0.2) is 0 Å². The molecule has 1 amide bonds. The van der Waals surface area contributed by atoms with Crippen molar-refractivity contribution in [2.24, 2.45) is 0 Å². The van der Waals surface area contributed by atoms with Gasteiger partial charge < -0.3 is 10.3 Å². The van der Waals surface area contributed by atoms with E-state index in [1.165, 1.54) is 12.1 Å². The highest BCUT2D eigenvalue weighted by molar-refractivity contribution is 5.91. The molecule has 0 saturated carbocycles. The third kappa shape index (κ3) is 3.86. The van der Waals surface area contributed by atoms with E-state index in [0.717, 1.165) is 34.1 Å². The minimum atomic E-state index is -0.261. The number of hydrogen-bond donors (Lipinski definition) is 4. The van der Waals surface area contributed by atoms with Gasteiger partial charge in [-0.25, -0.2) is 9.82 Å². The van der Waals surface area contributed by atoms with E-state index in [1.54, 1.807) is 12.1 Å². The van der Waals surface area contributed by atoms with Crippen molar-refractivity contribution < 1.29 is 9.18 Å². The number of carbonyl (C=O) groups is 1. The van der Waals surface area contributed by atoms with Crippen molar-refractivity contribution in [2.75, 3.05) is 0 Å². The molecule has 2 heterocycles. The maximum absolute atomic E-state index is 13.3. The summed E-state index contributed by atoms with van der Waals surface area (Å²) in [4.78, 5) is 15.8. The van der Waals surface area contributed by atoms with Gasteiger partial charge in [0.05, 0.1) is 6.17 Å². The number of nitrogens with one attached hydrogen (secondary N) is 4. The predicted octanol–water partition coefficient (Wildman–Crippen LogP) is 3.24.